The largest absolute Gasteiger partial charge is 0.381 e. The summed E-state index contributed by atoms with van der Waals surface area (Å²) in [5, 5.41) is 0.805. The van der Waals surface area contributed by atoms with Gasteiger partial charge in [0.05, 0.1) is 0 Å². The summed E-state index contributed by atoms with van der Waals surface area (Å²) in [6.45, 7) is 3.63. The molecule has 4 heteroatoms. The first-order valence-electron chi connectivity index (χ1n) is 3.64. The van der Waals surface area contributed by atoms with Crippen LogP contribution >= 0.6 is 11.8 Å². The normalized spacial score (nSPS) is 9.67. The lowest BCUT2D eigenvalue weighted by molar-refractivity contribution is 1.07. The third kappa shape index (κ3) is 2.54. The summed E-state index contributed by atoms with van der Waals surface area (Å²) in [7, 11) is 0. The quantitative estimate of drug-likeness (QED) is 0.436. The SMILES string of the molecule is C=CCCSc1nccnc1N. The van der Waals surface area contributed by atoms with E-state index in [9.17, 15) is 0 Å². The first kappa shape index (κ1) is 9.06. The second-order valence-corrected chi connectivity index (χ2v) is 3.26. The molecule has 0 aliphatic rings. The fourth-order valence-corrected chi connectivity index (χ4v) is 1.50. The molecule has 2 N–H and O–H groups in total. The molecular formula is C8H11N3S. The maximum Gasteiger partial charge on any atom is 0.156 e. The molecule has 0 fully saturated rings. The van der Waals surface area contributed by atoms with E-state index in [1.807, 2.05) is 6.08 Å². The van der Waals surface area contributed by atoms with Gasteiger partial charge in [-0.05, 0) is 6.42 Å². The molecular weight excluding hydrogens is 170 g/mol. The summed E-state index contributed by atoms with van der Waals surface area (Å²) in [5.74, 6) is 1.46. The van der Waals surface area contributed by atoms with Gasteiger partial charge in [-0.1, -0.05) is 6.08 Å². The molecule has 0 spiro atoms. The van der Waals surface area contributed by atoms with Crippen LogP contribution in [0.25, 0.3) is 0 Å². The lowest BCUT2D eigenvalue weighted by atomic mass is 10.5. The van der Waals surface area contributed by atoms with Gasteiger partial charge in [0.1, 0.15) is 5.03 Å². The summed E-state index contributed by atoms with van der Waals surface area (Å²) < 4.78 is 0. The summed E-state index contributed by atoms with van der Waals surface area (Å²) in [6, 6.07) is 0. The molecule has 64 valence electrons. The number of hydrogen-bond donors (Lipinski definition) is 1. The van der Waals surface area contributed by atoms with Crippen molar-refractivity contribution in [1.29, 1.82) is 0 Å². The van der Waals surface area contributed by atoms with Crippen molar-refractivity contribution in [3.05, 3.63) is 25.0 Å². The molecule has 1 aromatic heterocycles. The average molecular weight is 181 g/mol. The standard InChI is InChI=1S/C8H11N3S/c1-2-3-6-12-8-7(9)10-4-5-11-8/h2,4-5H,1,3,6H2,(H2,9,10). The number of thioether (sulfide) groups is 1. The van der Waals surface area contributed by atoms with Crippen LogP contribution in [-0.4, -0.2) is 15.7 Å². The molecule has 1 rings (SSSR count). The zero-order valence-corrected chi connectivity index (χ0v) is 7.55. The number of allylic oxidation sites excluding steroid dienone is 1. The molecule has 3 nitrogen and oxygen atoms in total. The second-order valence-electron chi connectivity index (χ2n) is 2.17. The van der Waals surface area contributed by atoms with Crippen molar-refractivity contribution in [3.8, 4) is 0 Å². The number of nitrogen functional groups attached to an aromatic ring is 1. The number of aromatic nitrogens is 2. The zero-order chi connectivity index (χ0) is 8.81. The Morgan fingerprint density at radius 2 is 2.25 bits per heavy atom. The summed E-state index contributed by atoms with van der Waals surface area (Å²) in [6.07, 6.45) is 6.07. The van der Waals surface area contributed by atoms with E-state index in [1.54, 1.807) is 24.2 Å². The molecule has 0 radical (unpaired) electrons. The topological polar surface area (TPSA) is 51.8 Å². The van der Waals surface area contributed by atoms with Crippen LogP contribution in [0.2, 0.25) is 0 Å². The molecule has 1 heterocycles. The van der Waals surface area contributed by atoms with Crippen molar-refractivity contribution in [3.63, 3.8) is 0 Å². The van der Waals surface area contributed by atoms with Gasteiger partial charge in [0.15, 0.2) is 5.82 Å². The average Bonchev–Trinajstić information content (AvgIpc) is 2.09. The van der Waals surface area contributed by atoms with E-state index in [2.05, 4.69) is 16.5 Å². The molecule has 0 saturated heterocycles. The number of rotatable bonds is 4. The van der Waals surface area contributed by atoms with E-state index in [0.717, 1.165) is 17.2 Å². The second kappa shape index (κ2) is 4.77. The molecule has 0 amide bonds. The number of anilines is 1. The van der Waals surface area contributed by atoms with Gasteiger partial charge in [-0.3, -0.25) is 0 Å². The Balaban J connectivity index is 2.51. The summed E-state index contributed by atoms with van der Waals surface area (Å²) in [5.41, 5.74) is 5.58. The zero-order valence-electron chi connectivity index (χ0n) is 6.73. The fourth-order valence-electron chi connectivity index (χ4n) is 0.686. The highest BCUT2D eigenvalue weighted by Crippen LogP contribution is 2.19. The fraction of sp³-hybridized carbons (Fsp3) is 0.250. The Hall–Kier alpha value is -1.03. The van der Waals surface area contributed by atoms with Gasteiger partial charge in [0.2, 0.25) is 0 Å². The Bertz CT molecular complexity index is 262. The van der Waals surface area contributed by atoms with E-state index in [4.69, 9.17) is 5.73 Å². The first-order valence-corrected chi connectivity index (χ1v) is 4.63. The van der Waals surface area contributed by atoms with Crippen molar-refractivity contribution >= 4 is 17.6 Å². The van der Waals surface area contributed by atoms with Gasteiger partial charge in [-0.2, -0.15) is 0 Å². The van der Waals surface area contributed by atoms with Gasteiger partial charge in [-0.15, -0.1) is 18.3 Å². The monoisotopic (exact) mass is 181 g/mol. The van der Waals surface area contributed by atoms with Crippen LogP contribution in [0.3, 0.4) is 0 Å². The highest BCUT2D eigenvalue weighted by Gasteiger charge is 1.99. The lowest BCUT2D eigenvalue weighted by Crippen LogP contribution is -1.94. The number of nitrogens with zero attached hydrogens (tertiary/aromatic N) is 2. The summed E-state index contributed by atoms with van der Waals surface area (Å²) in [4.78, 5) is 8.02. The van der Waals surface area contributed by atoms with Crippen LogP contribution in [0.5, 0.6) is 0 Å². The van der Waals surface area contributed by atoms with Crippen molar-refractivity contribution < 1.29 is 0 Å². The van der Waals surface area contributed by atoms with Crippen LogP contribution in [0.4, 0.5) is 5.82 Å². The Labute approximate surface area is 76.1 Å². The Morgan fingerprint density at radius 3 is 2.92 bits per heavy atom. The third-order valence-electron chi connectivity index (χ3n) is 1.25. The van der Waals surface area contributed by atoms with Gasteiger partial charge in [0, 0.05) is 18.1 Å². The number of nitrogens with two attached hydrogens (primary N) is 1. The minimum absolute atomic E-state index is 0.506. The molecule has 0 atom stereocenters. The highest BCUT2D eigenvalue weighted by molar-refractivity contribution is 7.99. The Morgan fingerprint density at radius 1 is 1.50 bits per heavy atom. The lowest BCUT2D eigenvalue weighted by Gasteiger charge is -1.99. The van der Waals surface area contributed by atoms with Crippen molar-refractivity contribution in [2.75, 3.05) is 11.5 Å². The van der Waals surface area contributed by atoms with Crippen LogP contribution < -0.4 is 5.73 Å². The van der Waals surface area contributed by atoms with Gasteiger partial charge in [-0.25, -0.2) is 9.97 Å². The summed E-state index contributed by atoms with van der Waals surface area (Å²) >= 11 is 1.60. The van der Waals surface area contributed by atoms with Crippen molar-refractivity contribution in [2.24, 2.45) is 0 Å². The van der Waals surface area contributed by atoms with Crippen LogP contribution in [0.15, 0.2) is 30.1 Å². The molecule has 0 aliphatic heterocycles. The van der Waals surface area contributed by atoms with Crippen molar-refractivity contribution in [2.45, 2.75) is 11.4 Å². The maximum absolute atomic E-state index is 5.58. The van der Waals surface area contributed by atoms with Gasteiger partial charge < -0.3 is 5.73 Å². The van der Waals surface area contributed by atoms with E-state index >= 15 is 0 Å². The molecule has 0 unspecified atom stereocenters. The molecule has 0 aliphatic carbocycles. The molecule has 0 saturated carbocycles. The van der Waals surface area contributed by atoms with E-state index in [-0.39, 0.29) is 0 Å². The minimum atomic E-state index is 0.506. The smallest absolute Gasteiger partial charge is 0.156 e. The van der Waals surface area contributed by atoms with E-state index in [0.29, 0.717) is 5.82 Å². The molecule has 0 bridgehead atoms. The molecule has 0 aromatic carbocycles. The third-order valence-corrected chi connectivity index (χ3v) is 2.28. The van der Waals surface area contributed by atoms with Gasteiger partial charge >= 0.3 is 0 Å². The van der Waals surface area contributed by atoms with Crippen molar-refractivity contribution in [1.82, 2.24) is 9.97 Å². The molecule has 12 heavy (non-hydrogen) atoms. The van der Waals surface area contributed by atoms with Crippen LogP contribution in [0.1, 0.15) is 6.42 Å². The van der Waals surface area contributed by atoms with Gasteiger partial charge in [0.25, 0.3) is 0 Å². The Kier molecular flexibility index (Phi) is 3.60. The predicted molar refractivity (Wildman–Crippen MR) is 52.0 cm³/mol. The predicted octanol–water partition coefficient (Wildman–Crippen LogP) is 1.73. The van der Waals surface area contributed by atoms with E-state index in [1.165, 1.54) is 0 Å². The highest BCUT2D eigenvalue weighted by atomic mass is 32.2. The molecule has 1 aromatic rings. The maximum atomic E-state index is 5.58. The van der Waals surface area contributed by atoms with E-state index < -0.39 is 0 Å². The number of hydrogen-bond acceptors (Lipinski definition) is 4. The first-order chi connectivity index (χ1) is 5.84. The van der Waals surface area contributed by atoms with Crippen LogP contribution in [0, 0.1) is 0 Å². The minimum Gasteiger partial charge on any atom is -0.381 e. The van der Waals surface area contributed by atoms with Crippen LogP contribution in [-0.2, 0) is 0 Å².